The van der Waals surface area contributed by atoms with Crippen LogP contribution in [0.5, 0.6) is 0 Å². The fourth-order valence-electron chi connectivity index (χ4n) is 4.05. The number of hydrogen-bond acceptors (Lipinski definition) is 4. The van der Waals surface area contributed by atoms with Crippen molar-refractivity contribution in [1.82, 2.24) is 25.1 Å². The molecule has 154 valence electrons. The Bertz CT molecular complexity index is 1600. The highest BCUT2D eigenvalue weighted by Gasteiger charge is 2.15. The molecule has 0 aliphatic carbocycles. The molecule has 0 spiro atoms. The van der Waals surface area contributed by atoms with E-state index in [1.165, 1.54) is 12.1 Å². The van der Waals surface area contributed by atoms with Crippen molar-refractivity contribution in [3.05, 3.63) is 85.2 Å². The molecule has 6 nitrogen and oxygen atoms in total. The van der Waals surface area contributed by atoms with Crippen LogP contribution in [0.2, 0.25) is 0 Å². The molecule has 2 aromatic carbocycles. The topological polar surface area (TPSA) is 96.3 Å². The Hall–Kier alpha value is -4.52. The Balaban J connectivity index is 1.50. The largest absolute Gasteiger partial charge is 0.397 e. The molecule has 6 rings (SSSR count). The lowest BCUT2D eigenvalue weighted by atomic mass is 10.0. The van der Waals surface area contributed by atoms with Crippen LogP contribution in [-0.2, 0) is 0 Å². The molecule has 0 atom stereocenters. The Morgan fingerprint density at radius 3 is 2.38 bits per heavy atom. The van der Waals surface area contributed by atoms with Crippen molar-refractivity contribution in [2.24, 2.45) is 0 Å². The van der Waals surface area contributed by atoms with E-state index in [2.05, 4.69) is 37.3 Å². The van der Waals surface area contributed by atoms with Crippen LogP contribution in [-0.4, -0.2) is 25.1 Å². The van der Waals surface area contributed by atoms with Crippen LogP contribution in [0.4, 0.5) is 10.1 Å². The summed E-state index contributed by atoms with van der Waals surface area (Å²) in [6, 6.07) is 16.5. The van der Waals surface area contributed by atoms with Gasteiger partial charge < -0.3 is 10.7 Å². The van der Waals surface area contributed by atoms with Gasteiger partial charge in [-0.1, -0.05) is 18.2 Å². The normalized spacial score (nSPS) is 11.4. The zero-order valence-electron chi connectivity index (χ0n) is 16.8. The summed E-state index contributed by atoms with van der Waals surface area (Å²) in [6.45, 7) is 0. The van der Waals surface area contributed by atoms with Crippen molar-refractivity contribution in [2.75, 3.05) is 5.73 Å². The summed E-state index contributed by atoms with van der Waals surface area (Å²) in [4.78, 5) is 12.0. The molecule has 0 fully saturated rings. The van der Waals surface area contributed by atoms with Gasteiger partial charge in [0.2, 0.25) is 0 Å². The lowest BCUT2D eigenvalue weighted by Gasteiger charge is -2.03. The summed E-state index contributed by atoms with van der Waals surface area (Å²) >= 11 is 0. The van der Waals surface area contributed by atoms with Crippen molar-refractivity contribution in [3.63, 3.8) is 0 Å². The molecule has 7 heteroatoms. The van der Waals surface area contributed by atoms with Crippen molar-refractivity contribution in [3.8, 4) is 33.6 Å². The van der Waals surface area contributed by atoms with E-state index in [9.17, 15) is 4.39 Å². The monoisotopic (exact) mass is 420 g/mol. The summed E-state index contributed by atoms with van der Waals surface area (Å²) in [6.07, 6.45) is 6.99. The van der Waals surface area contributed by atoms with E-state index < -0.39 is 0 Å². The molecular formula is C25H17FN6. The first-order valence-electron chi connectivity index (χ1n) is 10.1. The second-order valence-electron chi connectivity index (χ2n) is 7.68. The van der Waals surface area contributed by atoms with E-state index in [0.717, 1.165) is 55.4 Å². The molecule has 0 amide bonds. The minimum absolute atomic E-state index is 0.266. The number of nitrogens with one attached hydrogen (secondary N) is 2. The molecule has 0 radical (unpaired) electrons. The number of nitrogens with two attached hydrogens (primary N) is 1. The predicted octanol–water partition coefficient (Wildman–Crippen LogP) is 5.56. The van der Waals surface area contributed by atoms with Gasteiger partial charge in [-0.3, -0.25) is 15.1 Å². The number of fused-ring (bicyclic) bond motifs is 2. The van der Waals surface area contributed by atoms with Crippen LogP contribution in [0.15, 0.2) is 79.4 Å². The summed E-state index contributed by atoms with van der Waals surface area (Å²) in [5.74, 6) is -0.266. The Morgan fingerprint density at radius 1 is 0.719 bits per heavy atom. The molecule has 0 aliphatic heterocycles. The van der Waals surface area contributed by atoms with Crippen LogP contribution >= 0.6 is 0 Å². The van der Waals surface area contributed by atoms with Crippen LogP contribution in [0, 0.1) is 5.82 Å². The third kappa shape index (κ3) is 2.99. The maximum Gasteiger partial charge on any atom is 0.123 e. The molecule has 0 unspecified atom stereocenters. The molecule has 0 saturated heterocycles. The fourth-order valence-corrected chi connectivity index (χ4v) is 4.05. The van der Waals surface area contributed by atoms with Gasteiger partial charge in [0, 0.05) is 40.5 Å². The number of hydrogen-bond donors (Lipinski definition) is 3. The number of rotatable bonds is 3. The third-order valence-corrected chi connectivity index (χ3v) is 5.61. The molecule has 0 aliphatic rings. The highest BCUT2D eigenvalue weighted by atomic mass is 19.1. The number of benzene rings is 2. The number of nitrogens with zero attached hydrogens (tertiary/aromatic N) is 3. The maximum atomic E-state index is 13.4. The number of aromatic nitrogens is 5. The van der Waals surface area contributed by atoms with Gasteiger partial charge in [-0.15, -0.1) is 0 Å². The SMILES string of the molecule is Nc1cncc(-c2ccc3[nH]nc(-c4cc5c(-c6ccc(F)cc6)cncc5[nH]4)c3c2)c1. The van der Waals surface area contributed by atoms with Crippen LogP contribution < -0.4 is 5.73 Å². The standard InChI is InChI=1S/C25H17FN6/c26-17-4-1-14(2-5-17)21-12-29-13-24-19(21)9-23(30-24)25-20-8-15(3-6-22(20)31-32-25)16-7-18(27)11-28-10-16/h1-13,30H,27H2,(H,31,32). The lowest BCUT2D eigenvalue weighted by molar-refractivity contribution is 0.628. The van der Waals surface area contributed by atoms with Crippen LogP contribution in [0.3, 0.4) is 0 Å². The van der Waals surface area contributed by atoms with Crippen LogP contribution in [0.25, 0.3) is 55.4 Å². The Morgan fingerprint density at radius 2 is 1.53 bits per heavy atom. The quantitative estimate of drug-likeness (QED) is 0.349. The second-order valence-corrected chi connectivity index (χ2v) is 7.68. The molecule has 32 heavy (non-hydrogen) atoms. The van der Waals surface area contributed by atoms with Gasteiger partial charge >= 0.3 is 0 Å². The molecule has 4 N–H and O–H groups in total. The van der Waals surface area contributed by atoms with Gasteiger partial charge in [-0.2, -0.15) is 5.10 Å². The van der Waals surface area contributed by atoms with E-state index in [0.29, 0.717) is 5.69 Å². The van der Waals surface area contributed by atoms with Gasteiger partial charge in [-0.25, -0.2) is 4.39 Å². The Kier molecular flexibility index (Phi) is 4.01. The van der Waals surface area contributed by atoms with Crippen molar-refractivity contribution < 1.29 is 4.39 Å². The number of halogens is 1. The fraction of sp³-hybridized carbons (Fsp3) is 0. The summed E-state index contributed by atoms with van der Waals surface area (Å²) in [7, 11) is 0. The summed E-state index contributed by atoms with van der Waals surface area (Å²) < 4.78 is 13.4. The first kappa shape index (κ1) is 18.3. The number of H-pyrrole nitrogens is 2. The van der Waals surface area contributed by atoms with E-state index >= 15 is 0 Å². The first-order chi connectivity index (χ1) is 15.7. The minimum Gasteiger partial charge on any atom is -0.397 e. The van der Waals surface area contributed by atoms with E-state index in [1.54, 1.807) is 36.9 Å². The van der Waals surface area contributed by atoms with Crippen molar-refractivity contribution >= 4 is 27.5 Å². The zero-order valence-corrected chi connectivity index (χ0v) is 16.8. The Labute approximate surface area is 182 Å². The van der Waals surface area contributed by atoms with E-state index in [1.807, 2.05) is 18.2 Å². The minimum atomic E-state index is -0.266. The number of pyridine rings is 2. The molecule has 0 bridgehead atoms. The van der Waals surface area contributed by atoms with Crippen LogP contribution in [0.1, 0.15) is 0 Å². The summed E-state index contributed by atoms with van der Waals surface area (Å²) in [5.41, 5.74) is 13.8. The predicted molar refractivity (Wildman–Crippen MR) is 124 cm³/mol. The van der Waals surface area contributed by atoms with Gasteiger partial charge in [0.25, 0.3) is 0 Å². The summed E-state index contributed by atoms with van der Waals surface area (Å²) in [5, 5.41) is 9.64. The molecular weight excluding hydrogens is 403 g/mol. The lowest BCUT2D eigenvalue weighted by Crippen LogP contribution is -1.87. The molecule has 0 saturated carbocycles. The third-order valence-electron chi connectivity index (χ3n) is 5.61. The first-order valence-corrected chi connectivity index (χ1v) is 10.1. The maximum absolute atomic E-state index is 13.4. The van der Waals surface area contributed by atoms with Gasteiger partial charge in [0.1, 0.15) is 11.5 Å². The highest BCUT2D eigenvalue weighted by Crippen LogP contribution is 2.35. The average Bonchev–Trinajstić information content (AvgIpc) is 3.43. The van der Waals surface area contributed by atoms with Gasteiger partial charge in [-0.05, 0) is 47.5 Å². The zero-order chi connectivity index (χ0) is 21.7. The number of aromatic amines is 2. The molecule has 4 aromatic heterocycles. The average molecular weight is 420 g/mol. The van der Waals surface area contributed by atoms with Crippen molar-refractivity contribution in [2.45, 2.75) is 0 Å². The number of anilines is 1. The molecule has 4 heterocycles. The van der Waals surface area contributed by atoms with Gasteiger partial charge in [0.05, 0.1) is 28.6 Å². The highest BCUT2D eigenvalue weighted by molar-refractivity contribution is 6.01. The number of nitrogen functional groups attached to an aromatic ring is 1. The van der Waals surface area contributed by atoms with Gasteiger partial charge in [0.15, 0.2) is 0 Å². The molecule has 6 aromatic rings. The second kappa shape index (κ2) is 7.02. The van der Waals surface area contributed by atoms with E-state index in [-0.39, 0.29) is 5.82 Å². The smallest absolute Gasteiger partial charge is 0.123 e. The van der Waals surface area contributed by atoms with E-state index in [4.69, 9.17) is 5.73 Å². The van der Waals surface area contributed by atoms with Crippen molar-refractivity contribution in [1.29, 1.82) is 0 Å².